The zero-order chi connectivity index (χ0) is 8.15. The normalized spacial score (nSPS) is 10.7. The number of carboxylic acid groups (broad SMARTS) is 1. The third-order valence-electron chi connectivity index (χ3n) is 0.957. The second-order valence-electron chi connectivity index (χ2n) is 2.43. The first-order valence-corrected chi connectivity index (χ1v) is 3.14. The molecule has 0 aliphatic rings. The van der Waals surface area contributed by atoms with Gasteiger partial charge in [-0.2, -0.15) is 0 Å². The van der Waals surface area contributed by atoms with E-state index in [1.807, 2.05) is 13.8 Å². The molecular weight excluding hydrogens is 128 g/mol. The second-order valence-corrected chi connectivity index (χ2v) is 2.43. The summed E-state index contributed by atoms with van der Waals surface area (Å²) in [6.45, 7) is 7.30. The Hall–Kier alpha value is -1.05. The number of allylic oxidation sites excluding steroid dienone is 1. The lowest BCUT2D eigenvalue weighted by Gasteiger charge is -1.92. The highest BCUT2D eigenvalue weighted by Gasteiger charge is 1.97. The molecule has 0 bridgehead atoms. The Kier molecular flexibility index (Phi) is 3.47. The quantitative estimate of drug-likeness (QED) is 0.479. The second kappa shape index (κ2) is 3.88. The van der Waals surface area contributed by atoms with E-state index >= 15 is 0 Å². The molecule has 2 heteroatoms. The summed E-state index contributed by atoms with van der Waals surface area (Å²) in [6, 6.07) is 0. The third-order valence-corrected chi connectivity index (χ3v) is 0.957. The van der Waals surface area contributed by atoms with Crippen LogP contribution >= 0.6 is 0 Å². The van der Waals surface area contributed by atoms with Crippen LogP contribution in [0.3, 0.4) is 0 Å². The number of carboxylic acids is 1. The van der Waals surface area contributed by atoms with Crippen molar-refractivity contribution in [1.29, 1.82) is 0 Å². The highest BCUT2D eigenvalue weighted by Crippen LogP contribution is 1.98. The van der Waals surface area contributed by atoms with E-state index in [1.54, 1.807) is 6.08 Å². The lowest BCUT2D eigenvalue weighted by Crippen LogP contribution is -1.95. The van der Waals surface area contributed by atoms with E-state index in [-0.39, 0.29) is 5.57 Å². The first kappa shape index (κ1) is 8.95. The summed E-state index contributed by atoms with van der Waals surface area (Å²) in [7, 11) is 0. The molecule has 0 atom stereocenters. The molecule has 0 aromatic heterocycles. The fourth-order valence-electron chi connectivity index (χ4n) is 0.380. The summed E-state index contributed by atoms with van der Waals surface area (Å²) in [5, 5.41) is 8.34. The molecule has 0 fully saturated rings. The Morgan fingerprint density at radius 2 is 2.10 bits per heavy atom. The van der Waals surface area contributed by atoms with Gasteiger partial charge in [0.05, 0.1) is 5.57 Å². The zero-order valence-electron chi connectivity index (χ0n) is 6.29. The molecule has 0 amide bonds. The smallest absolute Gasteiger partial charge is 0.335 e. The van der Waals surface area contributed by atoms with E-state index in [9.17, 15) is 4.79 Å². The van der Waals surface area contributed by atoms with Crippen molar-refractivity contribution >= 4 is 5.97 Å². The lowest BCUT2D eigenvalue weighted by atomic mass is 10.1. The van der Waals surface area contributed by atoms with Crippen molar-refractivity contribution in [2.75, 3.05) is 0 Å². The molecule has 1 N–H and O–H groups in total. The van der Waals surface area contributed by atoms with Gasteiger partial charge < -0.3 is 5.11 Å². The molecule has 2 nitrogen and oxygen atoms in total. The van der Waals surface area contributed by atoms with Crippen molar-refractivity contribution in [1.82, 2.24) is 0 Å². The van der Waals surface area contributed by atoms with Crippen molar-refractivity contribution in [3.63, 3.8) is 0 Å². The summed E-state index contributed by atoms with van der Waals surface area (Å²) < 4.78 is 0. The zero-order valence-corrected chi connectivity index (χ0v) is 6.29. The van der Waals surface area contributed by atoms with Crippen molar-refractivity contribution < 1.29 is 9.90 Å². The predicted octanol–water partition coefficient (Wildman–Crippen LogP) is 1.84. The number of carbonyl (C=O) groups is 1. The number of hydrogen-bond acceptors (Lipinski definition) is 1. The molecule has 0 heterocycles. The van der Waals surface area contributed by atoms with Gasteiger partial charge >= 0.3 is 5.97 Å². The van der Waals surface area contributed by atoms with E-state index in [0.29, 0.717) is 5.92 Å². The van der Waals surface area contributed by atoms with E-state index < -0.39 is 5.97 Å². The van der Waals surface area contributed by atoms with Crippen LogP contribution < -0.4 is 0 Å². The minimum Gasteiger partial charge on any atom is -0.478 e. The van der Waals surface area contributed by atoms with Gasteiger partial charge in [-0.1, -0.05) is 32.6 Å². The first-order chi connectivity index (χ1) is 4.54. The summed E-state index contributed by atoms with van der Waals surface area (Å²) in [5.41, 5.74) is 0.133. The van der Waals surface area contributed by atoms with Crippen LogP contribution in [0.25, 0.3) is 0 Å². The molecule has 10 heavy (non-hydrogen) atoms. The van der Waals surface area contributed by atoms with Gasteiger partial charge in [-0.15, -0.1) is 0 Å². The molecule has 0 saturated carbocycles. The molecule has 0 aliphatic heterocycles. The molecular formula is C8H12O2. The monoisotopic (exact) mass is 140 g/mol. The average Bonchev–Trinajstić information content (AvgIpc) is 1.82. The van der Waals surface area contributed by atoms with E-state index in [1.165, 1.54) is 6.08 Å². The van der Waals surface area contributed by atoms with Gasteiger partial charge in [-0.05, 0) is 5.92 Å². The van der Waals surface area contributed by atoms with Crippen LogP contribution in [0.1, 0.15) is 13.8 Å². The van der Waals surface area contributed by atoms with Gasteiger partial charge in [-0.25, -0.2) is 4.79 Å². The van der Waals surface area contributed by atoms with Crippen LogP contribution in [0, 0.1) is 5.92 Å². The lowest BCUT2D eigenvalue weighted by molar-refractivity contribution is -0.132. The molecule has 0 aromatic carbocycles. The fraction of sp³-hybridized carbons (Fsp3) is 0.375. The number of hydrogen-bond donors (Lipinski definition) is 1. The van der Waals surface area contributed by atoms with Crippen LogP contribution in [-0.2, 0) is 4.79 Å². The Balaban J connectivity index is 3.91. The molecule has 0 rings (SSSR count). The highest BCUT2D eigenvalue weighted by molar-refractivity contribution is 5.88. The largest absolute Gasteiger partial charge is 0.478 e. The van der Waals surface area contributed by atoms with E-state index in [4.69, 9.17) is 5.11 Å². The Morgan fingerprint density at radius 3 is 2.40 bits per heavy atom. The van der Waals surface area contributed by atoms with Crippen LogP contribution in [-0.4, -0.2) is 11.1 Å². The third kappa shape index (κ3) is 3.89. The Bertz CT molecular complexity index is 166. The number of aliphatic carboxylic acids is 1. The van der Waals surface area contributed by atoms with Gasteiger partial charge in [0.2, 0.25) is 0 Å². The van der Waals surface area contributed by atoms with E-state index in [0.717, 1.165) is 0 Å². The van der Waals surface area contributed by atoms with Gasteiger partial charge in [0, 0.05) is 0 Å². The molecule has 0 radical (unpaired) electrons. The summed E-state index contributed by atoms with van der Waals surface area (Å²) in [5.74, 6) is -0.590. The van der Waals surface area contributed by atoms with Crippen molar-refractivity contribution in [3.05, 3.63) is 24.3 Å². The number of rotatable bonds is 3. The SMILES string of the molecule is C=C(/C=C/C(C)C)C(=O)O. The Labute approximate surface area is 60.9 Å². The standard InChI is InChI=1S/C8H12O2/c1-6(2)4-5-7(3)8(9)10/h4-6H,3H2,1-2H3,(H,9,10)/b5-4+. The maximum absolute atomic E-state index is 10.2. The highest BCUT2D eigenvalue weighted by atomic mass is 16.4. The fourth-order valence-corrected chi connectivity index (χ4v) is 0.380. The molecule has 0 saturated heterocycles. The topological polar surface area (TPSA) is 37.3 Å². The molecule has 0 aromatic rings. The Morgan fingerprint density at radius 1 is 1.60 bits per heavy atom. The van der Waals surface area contributed by atoms with Crippen LogP contribution in [0.15, 0.2) is 24.3 Å². The average molecular weight is 140 g/mol. The summed E-state index contributed by atoms with van der Waals surface area (Å²) in [4.78, 5) is 10.2. The van der Waals surface area contributed by atoms with Gasteiger partial charge in [0.15, 0.2) is 0 Å². The molecule has 56 valence electrons. The molecule has 0 unspecified atom stereocenters. The maximum atomic E-state index is 10.2. The van der Waals surface area contributed by atoms with Gasteiger partial charge in [0.25, 0.3) is 0 Å². The summed E-state index contributed by atoms with van der Waals surface area (Å²) >= 11 is 0. The minimum absolute atomic E-state index is 0.133. The van der Waals surface area contributed by atoms with Crippen LogP contribution in [0.5, 0.6) is 0 Å². The van der Waals surface area contributed by atoms with Crippen molar-refractivity contribution in [2.45, 2.75) is 13.8 Å². The molecule has 0 aliphatic carbocycles. The van der Waals surface area contributed by atoms with Gasteiger partial charge in [-0.3, -0.25) is 0 Å². The van der Waals surface area contributed by atoms with E-state index in [2.05, 4.69) is 6.58 Å². The van der Waals surface area contributed by atoms with Crippen molar-refractivity contribution in [3.8, 4) is 0 Å². The maximum Gasteiger partial charge on any atom is 0.335 e. The van der Waals surface area contributed by atoms with Crippen molar-refractivity contribution in [2.24, 2.45) is 5.92 Å². The summed E-state index contributed by atoms with van der Waals surface area (Å²) in [6.07, 6.45) is 3.32. The minimum atomic E-state index is -0.961. The van der Waals surface area contributed by atoms with Gasteiger partial charge in [0.1, 0.15) is 0 Å². The molecule has 0 spiro atoms. The first-order valence-electron chi connectivity index (χ1n) is 3.14. The predicted molar refractivity (Wildman–Crippen MR) is 40.8 cm³/mol. The van der Waals surface area contributed by atoms with Crippen LogP contribution in [0.4, 0.5) is 0 Å². The van der Waals surface area contributed by atoms with Crippen LogP contribution in [0.2, 0.25) is 0 Å².